The van der Waals surface area contributed by atoms with Gasteiger partial charge in [-0.3, -0.25) is 0 Å². The number of hydrogen-bond acceptors (Lipinski definition) is 4. The molecule has 0 aliphatic rings. The molecule has 0 atom stereocenters. The van der Waals surface area contributed by atoms with Crippen LogP contribution in [0.3, 0.4) is 0 Å². The maximum Gasteiger partial charge on any atom is 0.137 e. The zero-order valence-corrected chi connectivity index (χ0v) is 12.7. The number of benzene rings is 2. The van der Waals surface area contributed by atoms with Crippen LogP contribution >= 0.6 is 11.6 Å². The number of aromatic nitrogens is 3. The summed E-state index contributed by atoms with van der Waals surface area (Å²) in [5.74, 6) is 0.592. The summed E-state index contributed by atoms with van der Waals surface area (Å²) in [6.07, 6.45) is 0. The average molecular weight is 316 g/mol. The van der Waals surface area contributed by atoms with E-state index in [0.29, 0.717) is 16.5 Å². The van der Waals surface area contributed by atoms with E-state index >= 15 is 0 Å². The van der Waals surface area contributed by atoms with Crippen LogP contribution in [0.15, 0.2) is 48.5 Å². The third-order valence-corrected chi connectivity index (χ3v) is 3.61. The largest absolute Gasteiger partial charge is 0.495 e. The monoisotopic (exact) mass is 315 g/mol. The number of hydrogen-bond donors (Lipinski definition) is 1. The summed E-state index contributed by atoms with van der Waals surface area (Å²) in [7, 11) is 1.57. The molecule has 0 unspecified atom stereocenters. The van der Waals surface area contributed by atoms with Gasteiger partial charge in [-0.25, -0.2) is 4.68 Å². The summed E-state index contributed by atoms with van der Waals surface area (Å²) in [5, 5.41) is 18.2. The lowest BCUT2D eigenvalue weighted by molar-refractivity contribution is 0.277. The van der Waals surface area contributed by atoms with Crippen LogP contribution in [0.2, 0.25) is 5.02 Å². The summed E-state index contributed by atoms with van der Waals surface area (Å²) in [6.45, 7) is -0.186. The van der Waals surface area contributed by atoms with Crippen LogP contribution in [0, 0.1) is 0 Å². The quantitative estimate of drug-likeness (QED) is 0.803. The average Bonchev–Trinajstić information content (AvgIpc) is 2.99. The Hall–Kier alpha value is -2.37. The molecule has 0 saturated carbocycles. The van der Waals surface area contributed by atoms with Gasteiger partial charge >= 0.3 is 0 Å². The number of rotatable bonds is 4. The molecule has 6 heteroatoms. The van der Waals surface area contributed by atoms with Gasteiger partial charge in [0.05, 0.1) is 24.4 Å². The molecule has 0 amide bonds. The Morgan fingerprint density at radius 1 is 1.18 bits per heavy atom. The van der Waals surface area contributed by atoms with Crippen molar-refractivity contribution in [2.24, 2.45) is 0 Å². The van der Waals surface area contributed by atoms with Gasteiger partial charge < -0.3 is 9.84 Å². The number of nitrogens with zero attached hydrogens (tertiary/aromatic N) is 3. The second-order valence-electron chi connectivity index (χ2n) is 4.64. The lowest BCUT2D eigenvalue weighted by atomic mass is 10.1. The van der Waals surface area contributed by atoms with E-state index in [-0.39, 0.29) is 6.61 Å². The smallest absolute Gasteiger partial charge is 0.137 e. The Morgan fingerprint density at radius 3 is 2.59 bits per heavy atom. The molecule has 1 heterocycles. The maximum absolute atomic E-state index is 9.51. The summed E-state index contributed by atoms with van der Waals surface area (Å²) < 4.78 is 6.82. The highest BCUT2D eigenvalue weighted by molar-refractivity contribution is 6.32. The molecule has 0 aliphatic heterocycles. The zero-order valence-electron chi connectivity index (χ0n) is 11.9. The minimum absolute atomic E-state index is 0.186. The summed E-state index contributed by atoms with van der Waals surface area (Å²) in [5.41, 5.74) is 2.92. The van der Waals surface area contributed by atoms with Crippen molar-refractivity contribution in [3.05, 3.63) is 59.2 Å². The zero-order chi connectivity index (χ0) is 15.5. The van der Waals surface area contributed by atoms with Crippen molar-refractivity contribution >= 4 is 11.6 Å². The first-order valence-corrected chi connectivity index (χ1v) is 7.07. The Labute approximate surface area is 132 Å². The van der Waals surface area contributed by atoms with E-state index in [9.17, 15) is 5.11 Å². The van der Waals surface area contributed by atoms with Gasteiger partial charge in [-0.05, 0) is 18.2 Å². The molecule has 1 N–H and O–H groups in total. The number of aliphatic hydroxyl groups excluding tert-OH is 1. The number of aliphatic hydroxyl groups is 1. The lowest BCUT2D eigenvalue weighted by Gasteiger charge is -2.09. The van der Waals surface area contributed by atoms with Crippen molar-refractivity contribution in [3.8, 4) is 22.7 Å². The molecular formula is C16H14ClN3O2. The van der Waals surface area contributed by atoms with Gasteiger partial charge in [0, 0.05) is 5.56 Å². The molecule has 2 aromatic carbocycles. The van der Waals surface area contributed by atoms with E-state index in [4.69, 9.17) is 16.3 Å². The van der Waals surface area contributed by atoms with Gasteiger partial charge in [0.25, 0.3) is 0 Å². The molecule has 0 bridgehead atoms. The Balaban J connectivity index is 2.16. The van der Waals surface area contributed by atoms with Gasteiger partial charge in [-0.15, -0.1) is 5.10 Å². The second kappa shape index (κ2) is 6.17. The number of halogens is 1. The van der Waals surface area contributed by atoms with Crippen LogP contribution in [0.1, 0.15) is 5.69 Å². The van der Waals surface area contributed by atoms with Crippen molar-refractivity contribution < 1.29 is 9.84 Å². The van der Waals surface area contributed by atoms with E-state index in [1.54, 1.807) is 23.9 Å². The van der Waals surface area contributed by atoms with Gasteiger partial charge in [0.15, 0.2) is 0 Å². The molecule has 5 nitrogen and oxygen atoms in total. The fourth-order valence-corrected chi connectivity index (χ4v) is 2.52. The molecule has 0 saturated heterocycles. The molecule has 0 fully saturated rings. The summed E-state index contributed by atoms with van der Waals surface area (Å²) in [6, 6.07) is 15.0. The molecule has 0 aliphatic carbocycles. The van der Waals surface area contributed by atoms with Crippen LogP contribution in [-0.2, 0) is 6.61 Å². The van der Waals surface area contributed by atoms with Crippen LogP contribution in [0.4, 0.5) is 0 Å². The molecule has 0 radical (unpaired) electrons. The molecule has 3 rings (SSSR count). The highest BCUT2D eigenvalue weighted by Gasteiger charge is 2.16. The van der Waals surface area contributed by atoms with Crippen LogP contribution in [-0.4, -0.2) is 27.2 Å². The molecule has 22 heavy (non-hydrogen) atoms. The van der Waals surface area contributed by atoms with Crippen LogP contribution in [0.5, 0.6) is 5.75 Å². The minimum Gasteiger partial charge on any atom is -0.495 e. The lowest BCUT2D eigenvalue weighted by Crippen LogP contribution is -2.00. The van der Waals surface area contributed by atoms with E-state index < -0.39 is 0 Å². The van der Waals surface area contributed by atoms with Gasteiger partial charge in [0.1, 0.15) is 17.1 Å². The molecule has 1 aromatic heterocycles. The van der Waals surface area contributed by atoms with Gasteiger partial charge in [0.2, 0.25) is 0 Å². The van der Waals surface area contributed by atoms with Crippen LogP contribution in [0.25, 0.3) is 16.9 Å². The Morgan fingerprint density at radius 2 is 1.95 bits per heavy atom. The first kappa shape index (κ1) is 14.6. The minimum atomic E-state index is -0.186. The van der Waals surface area contributed by atoms with Gasteiger partial charge in [-0.2, -0.15) is 0 Å². The first-order chi connectivity index (χ1) is 10.7. The molecule has 112 valence electrons. The maximum atomic E-state index is 9.51. The summed E-state index contributed by atoms with van der Waals surface area (Å²) in [4.78, 5) is 0. The van der Waals surface area contributed by atoms with Crippen molar-refractivity contribution in [2.45, 2.75) is 6.61 Å². The van der Waals surface area contributed by atoms with Crippen molar-refractivity contribution in [3.63, 3.8) is 0 Å². The molecule has 3 aromatic rings. The third kappa shape index (κ3) is 2.56. The second-order valence-corrected chi connectivity index (χ2v) is 5.05. The first-order valence-electron chi connectivity index (χ1n) is 6.69. The van der Waals surface area contributed by atoms with Gasteiger partial charge in [-0.1, -0.05) is 47.1 Å². The number of ether oxygens (including phenoxy) is 1. The topological polar surface area (TPSA) is 60.2 Å². The Bertz CT molecular complexity index is 787. The van der Waals surface area contributed by atoms with E-state index in [1.165, 1.54) is 0 Å². The predicted octanol–water partition coefficient (Wildman–Crippen LogP) is 3.09. The molecular weight excluding hydrogens is 302 g/mol. The SMILES string of the molecule is COc1ccc(-n2nnc(CO)c2-c2ccccc2)cc1Cl. The van der Waals surface area contributed by atoms with Crippen molar-refractivity contribution in [2.75, 3.05) is 7.11 Å². The van der Waals surface area contributed by atoms with Crippen molar-refractivity contribution in [1.82, 2.24) is 15.0 Å². The van der Waals surface area contributed by atoms with Crippen molar-refractivity contribution in [1.29, 1.82) is 0 Å². The predicted molar refractivity (Wildman–Crippen MR) is 84.3 cm³/mol. The molecule has 0 spiro atoms. The van der Waals surface area contributed by atoms with E-state index in [0.717, 1.165) is 16.9 Å². The highest BCUT2D eigenvalue weighted by Crippen LogP contribution is 2.30. The normalized spacial score (nSPS) is 10.7. The number of methoxy groups -OCH3 is 1. The summed E-state index contributed by atoms with van der Waals surface area (Å²) >= 11 is 6.18. The highest BCUT2D eigenvalue weighted by atomic mass is 35.5. The van der Waals surface area contributed by atoms with Crippen LogP contribution < -0.4 is 4.74 Å². The fourth-order valence-electron chi connectivity index (χ4n) is 2.27. The third-order valence-electron chi connectivity index (χ3n) is 3.32. The standard InChI is InChI=1S/C16H14ClN3O2/c1-22-15-8-7-12(9-13(15)17)20-16(14(10-21)18-19-20)11-5-3-2-4-6-11/h2-9,21H,10H2,1H3. The fraction of sp³-hybridized carbons (Fsp3) is 0.125. The van der Waals surface area contributed by atoms with E-state index in [2.05, 4.69) is 10.3 Å². The van der Waals surface area contributed by atoms with E-state index in [1.807, 2.05) is 36.4 Å². The Kier molecular flexibility index (Phi) is 4.09.